The molecule has 1 heterocycles. The van der Waals surface area contributed by atoms with E-state index in [1.165, 1.54) is 10.2 Å². The summed E-state index contributed by atoms with van der Waals surface area (Å²) in [6.45, 7) is 4.41. The molecule has 0 aliphatic carbocycles. The van der Waals surface area contributed by atoms with Crippen LogP contribution in [0.4, 0.5) is 0 Å². The molecule has 1 atom stereocenters. The Balaban J connectivity index is 2.74. The number of benzene rings is 1. The van der Waals surface area contributed by atoms with Crippen LogP contribution in [0.25, 0.3) is 10.2 Å². The largest absolute Gasteiger partial charge is 0.320 e. The number of thiazole rings is 1. The van der Waals surface area contributed by atoms with Crippen LogP contribution >= 0.6 is 23.6 Å². The minimum Gasteiger partial charge on any atom is -0.320 e. The van der Waals surface area contributed by atoms with Crippen LogP contribution in [0.2, 0.25) is 0 Å². The molecule has 0 saturated carbocycles. The van der Waals surface area contributed by atoms with E-state index >= 15 is 0 Å². The quantitative estimate of drug-likeness (QED) is 0.683. The van der Waals surface area contributed by atoms with Crippen molar-refractivity contribution in [1.82, 2.24) is 4.57 Å². The Hall–Kier alpha value is -0.670. The summed E-state index contributed by atoms with van der Waals surface area (Å²) in [4.78, 5) is 0. The van der Waals surface area contributed by atoms with E-state index in [0.717, 1.165) is 10.4 Å². The number of aromatic nitrogens is 1. The highest BCUT2D eigenvalue weighted by molar-refractivity contribution is 7.73. The topological polar surface area (TPSA) is 4.93 Å². The third kappa shape index (κ3) is 1.51. The second kappa shape index (κ2) is 3.83. The molecule has 0 N–H and O–H groups in total. The van der Waals surface area contributed by atoms with E-state index in [-0.39, 0.29) is 0 Å². The second-order valence-electron chi connectivity index (χ2n) is 3.46. The maximum atomic E-state index is 5.38. The molecule has 0 amide bonds. The van der Waals surface area contributed by atoms with Crippen LogP contribution in [0, 0.1) is 3.95 Å². The van der Waals surface area contributed by atoms with E-state index in [4.69, 9.17) is 12.2 Å². The first-order valence-corrected chi connectivity index (χ1v) is 6.06. The van der Waals surface area contributed by atoms with Crippen molar-refractivity contribution >= 4 is 33.8 Å². The molecule has 0 bridgehead atoms. The van der Waals surface area contributed by atoms with Crippen LogP contribution in [-0.4, -0.2) is 4.57 Å². The average Bonchev–Trinajstić information content (AvgIpc) is 2.53. The second-order valence-corrected chi connectivity index (χ2v) is 5.14. The SMILES string of the molecule is CCC(C)n1c(=S)sc2ccccc21. The number of hydrogen-bond acceptors (Lipinski definition) is 2. The van der Waals surface area contributed by atoms with E-state index in [2.05, 4.69) is 42.7 Å². The fourth-order valence-corrected chi connectivity index (χ4v) is 3.11. The fourth-order valence-electron chi connectivity index (χ4n) is 1.58. The molecule has 14 heavy (non-hydrogen) atoms. The summed E-state index contributed by atoms with van der Waals surface area (Å²) >= 11 is 7.08. The summed E-state index contributed by atoms with van der Waals surface area (Å²) in [7, 11) is 0. The Kier molecular flexibility index (Phi) is 2.70. The lowest BCUT2D eigenvalue weighted by molar-refractivity contribution is 0.546. The van der Waals surface area contributed by atoms with Gasteiger partial charge in [-0.3, -0.25) is 0 Å². The van der Waals surface area contributed by atoms with Crippen molar-refractivity contribution in [3.8, 4) is 0 Å². The van der Waals surface area contributed by atoms with Crippen LogP contribution in [0.15, 0.2) is 24.3 Å². The number of nitrogens with zero attached hydrogens (tertiary/aromatic N) is 1. The van der Waals surface area contributed by atoms with Gasteiger partial charge in [-0.2, -0.15) is 0 Å². The summed E-state index contributed by atoms with van der Waals surface area (Å²) < 4.78 is 4.54. The monoisotopic (exact) mass is 223 g/mol. The van der Waals surface area contributed by atoms with Crippen molar-refractivity contribution in [2.24, 2.45) is 0 Å². The van der Waals surface area contributed by atoms with E-state index in [1.54, 1.807) is 11.3 Å². The maximum absolute atomic E-state index is 5.38. The number of fused-ring (bicyclic) bond motifs is 1. The fraction of sp³-hybridized carbons (Fsp3) is 0.364. The van der Waals surface area contributed by atoms with Crippen molar-refractivity contribution < 1.29 is 0 Å². The molecule has 0 fully saturated rings. The van der Waals surface area contributed by atoms with E-state index in [1.807, 2.05) is 0 Å². The van der Waals surface area contributed by atoms with Gasteiger partial charge in [0.15, 0.2) is 3.95 Å². The minimum absolute atomic E-state index is 0.499. The van der Waals surface area contributed by atoms with Crippen LogP contribution in [0.1, 0.15) is 26.3 Å². The van der Waals surface area contributed by atoms with Gasteiger partial charge < -0.3 is 4.57 Å². The Morgan fingerprint density at radius 1 is 1.43 bits per heavy atom. The van der Waals surface area contributed by atoms with Crippen molar-refractivity contribution in [1.29, 1.82) is 0 Å². The lowest BCUT2D eigenvalue weighted by Crippen LogP contribution is -2.02. The lowest BCUT2D eigenvalue weighted by Gasteiger charge is -2.11. The third-order valence-corrected chi connectivity index (χ3v) is 3.93. The molecule has 1 aromatic heterocycles. The Morgan fingerprint density at radius 2 is 2.14 bits per heavy atom. The number of para-hydroxylation sites is 1. The van der Waals surface area contributed by atoms with Gasteiger partial charge in [-0.1, -0.05) is 19.1 Å². The molecule has 0 aliphatic heterocycles. The predicted octanol–water partition coefficient (Wildman–Crippen LogP) is 4.40. The predicted molar refractivity (Wildman–Crippen MR) is 65.7 cm³/mol. The smallest absolute Gasteiger partial charge is 0.162 e. The Morgan fingerprint density at radius 3 is 2.86 bits per heavy atom. The number of hydrogen-bond donors (Lipinski definition) is 0. The molecule has 0 saturated heterocycles. The molecular weight excluding hydrogens is 210 g/mol. The highest BCUT2D eigenvalue weighted by Gasteiger charge is 2.08. The summed E-state index contributed by atoms with van der Waals surface area (Å²) in [5.41, 5.74) is 1.27. The van der Waals surface area contributed by atoms with Gasteiger partial charge in [-0.25, -0.2) is 0 Å². The van der Waals surface area contributed by atoms with Crippen molar-refractivity contribution in [3.05, 3.63) is 28.2 Å². The van der Waals surface area contributed by atoms with Crippen molar-refractivity contribution in [3.63, 3.8) is 0 Å². The first kappa shape index (κ1) is 9.87. The van der Waals surface area contributed by atoms with Gasteiger partial charge in [0.25, 0.3) is 0 Å². The normalized spacial score (nSPS) is 13.3. The molecule has 2 aromatic rings. The molecule has 1 nitrogen and oxygen atoms in total. The van der Waals surface area contributed by atoms with E-state index in [0.29, 0.717) is 6.04 Å². The zero-order valence-electron chi connectivity index (χ0n) is 8.36. The Labute approximate surface area is 93.0 Å². The summed E-state index contributed by atoms with van der Waals surface area (Å²) in [5, 5.41) is 0. The molecule has 1 aromatic carbocycles. The number of rotatable bonds is 2. The molecule has 2 rings (SSSR count). The highest BCUT2D eigenvalue weighted by Crippen LogP contribution is 2.27. The molecule has 3 heteroatoms. The molecule has 0 radical (unpaired) electrons. The van der Waals surface area contributed by atoms with Gasteiger partial charge in [0.1, 0.15) is 0 Å². The minimum atomic E-state index is 0.499. The molecule has 1 unspecified atom stereocenters. The van der Waals surface area contributed by atoms with Gasteiger partial charge in [0.2, 0.25) is 0 Å². The van der Waals surface area contributed by atoms with Crippen LogP contribution in [-0.2, 0) is 0 Å². The van der Waals surface area contributed by atoms with Crippen LogP contribution in [0.3, 0.4) is 0 Å². The van der Waals surface area contributed by atoms with Gasteiger partial charge in [-0.15, -0.1) is 11.3 Å². The van der Waals surface area contributed by atoms with Gasteiger partial charge in [0.05, 0.1) is 10.2 Å². The van der Waals surface area contributed by atoms with Crippen LogP contribution < -0.4 is 0 Å². The first-order valence-electron chi connectivity index (χ1n) is 4.84. The maximum Gasteiger partial charge on any atom is 0.162 e. The zero-order valence-corrected chi connectivity index (χ0v) is 9.99. The lowest BCUT2D eigenvalue weighted by atomic mass is 10.2. The van der Waals surface area contributed by atoms with Crippen LogP contribution in [0.5, 0.6) is 0 Å². The van der Waals surface area contributed by atoms with Gasteiger partial charge >= 0.3 is 0 Å². The molecular formula is C11H13NS2. The summed E-state index contributed by atoms with van der Waals surface area (Å²) in [6.07, 6.45) is 1.12. The Bertz CT molecular complexity index is 495. The van der Waals surface area contributed by atoms with Gasteiger partial charge in [0, 0.05) is 6.04 Å². The molecule has 0 aliphatic rings. The molecule has 74 valence electrons. The van der Waals surface area contributed by atoms with E-state index in [9.17, 15) is 0 Å². The van der Waals surface area contributed by atoms with Gasteiger partial charge in [-0.05, 0) is 37.7 Å². The highest BCUT2D eigenvalue weighted by atomic mass is 32.1. The van der Waals surface area contributed by atoms with Crippen molar-refractivity contribution in [2.75, 3.05) is 0 Å². The standard InChI is InChI=1S/C11H13NS2/c1-3-8(2)12-9-6-4-5-7-10(9)14-11(12)13/h4-8H,3H2,1-2H3. The molecule has 0 spiro atoms. The third-order valence-electron chi connectivity index (χ3n) is 2.55. The zero-order chi connectivity index (χ0) is 10.1. The summed E-state index contributed by atoms with van der Waals surface area (Å²) in [5.74, 6) is 0. The van der Waals surface area contributed by atoms with Crippen molar-refractivity contribution in [2.45, 2.75) is 26.3 Å². The first-order chi connectivity index (χ1) is 6.74. The average molecular weight is 223 g/mol. The summed E-state index contributed by atoms with van der Waals surface area (Å²) in [6, 6.07) is 8.92. The van der Waals surface area contributed by atoms with E-state index < -0.39 is 0 Å².